The minimum atomic E-state index is -0.142. The number of hydrogen-bond acceptors (Lipinski definition) is 3. The lowest BCUT2D eigenvalue weighted by Gasteiger charge is -2.35. The summed E-state index contributed by atoms with van der Waals surface area (Å²) in [5, 5.41) is 23.9. The first-order valence-corrected chi connectivity index (χ1v) is 7.09. The van der Waals surface area contributed by atoms with Crippen molar-refractivity contribution < 1.29 is 10.2 Å². The molecule has 4 rings (SSSR count). The third-order valence-electron chi connectivity index (χ3n) is 4.39. The third-order valence-corrected chi connectivity index (χ3v) is 4.70. The van der Waals surface area contributed by atoms with E-state index in [9.17, 15) is 10.2 Å². The van der Waals surface area contributed by atoms with Gasteiger partial charge in [0.2, 0.25) is 0 Å². The number of benzene rings is 2. The fraction of sp³-hybridized carbons (Fsp3) is 0.250. The molecule has 1 aliphatic carbocycles. The molecule has 0 saturated heterocycles. The van der Waals surface area contributed by atoms with Gasteiger partial charge in [-0.15, -0.1) is 0 Å². The molecule has 0 saturated carbocycles. The maximum Gasteiger partial charge on any atom is 0.161 e. The molecule has 1 aliphatic heterocycles. The molecule has 4 heteroatoms. The van der Waals surface area contributed by atoms with Crippen molar-refractivity contribution in [3.05, 3.63) is 57.1 Å². The largest absolute Gasteiger partial charge is 0.504 e. The van der Waals surface area contributed by atoms with Crippen LogP contribution in [-0.4, -0.2) is 16.8 Å². The Morgan fingerprint density at radius 2 is 1.95 bits per heavy atom. The number of halogens is 1. The molecule has 2 aliphatic rings. The summed E-state index contributed by atoms with van der Waals surface area (Å²) in [5.74, 6) is -0.0270. The highest BCUT2D eigenvalue weighted by Gasteiger charge is 2.33. The maximum atomic E-state index is 10.2. The summed E-state index contributed by atoms with van der Waals surface area (Å²) in [6, 6.07) is 7.72. The van der Waals surface area contributed by atoms with Gasteiger partial charge in [0.05, 0.1) is 0 Å². The van der Waals surface area contributed by atoms with E-state index in [1.165, 1.54) is 22.8 Å². The fourth-order valence-corrected chi connectivity index (χ4v) is 3.91. The van der Waals surface area contributed by atoms with E-state index in [2.05, 4.69) is 17.4 Å². The molecule has 20 heavy (non-hydrogen) atoms. The van der Waals surface area contributed by atoms with Crippen LogP contribution >= 0.6 is 11.6 Å². The Balaban J connectivity index is 2.03. The van der Waals surface area contributed by atoms with Gasteiger partial charge in [0.25, 0.3) is 0 Å². The highest BCUT2D eigenvalue weighted by molar-refractivity contribution is 6.31. The van der Waals surface area contributed by atoms with Crippen LogP contribution in [0.2, 0.25) is 5.02 Å². The van der Waals surface area contributed by atoms with Gasteiger partial charge in [-0.1, -0.05) is 29.8 Å². The van der Waals surface area contributed by atoms with E-state index in [4.69, 9.17) is 11.6 Å². The Bertz CT molecular complexity index is 727. The molecule has 3 N–H and O–H groups in total. The van der Waals surface area contributed by atoms with E-state index in [1.807, 2.05) is 6.07 Å². The fourth-order valence-electron chi connectivity index (χ4n) is 3.56. The lowest BCUT2D eigenvalue weighted by atomic mass is 9.74. The first-order chi connectivity index (χ1) is 9.66. The van der Waals surface area contributed by atoms with Crippen molar-refractivity contribution in [2.75, 3.05) is 6.54 Å². The normalized spacial score (nSPS) is 19.4. The van der Waals surface area contributed by atoms with Gasteiger partial charge in [-0.3, -0.25) is 0 Å². The number of fused-ring (bicyclic) bond motifs is 2. The number of hydrogen-bond donors (Lipinski definition) is 3. The monoisotopic (exact) mass is 287 g/mol. The van der Waals surface area contributed by atoms with Crippen LogP contribution in [0.15, 0.2) is 24.3 Å². The van der Waals surface area contributed by atoms with Crippen molar-refractivity contribution in [2.45, 2.75) is 18.9 Å². The molecule has 0 spiro atoms. The van der Waals surface area contributed by atoms with Crippen LogP contribution in [0.25, 0.3) is 0 Å². The maximum absolute atomic E-state index is 10.2. The zero-order valence-electron chi connectivity index (χ0n) is 10.8. The molecule has 0 unspecified atom stereocenters. The smallest absolute Gasteiger partial charge is 0.161 e. The predicted octanol–water partition coefficient (Wildman–Crippen LogP) is 2.89. The van der Waals surface area contributed by atoms with E-state index < -0.39 is 0 Å². The van der Waals surface area contributed by atoms with Crippen molar-refractivity contribution in [2.24, 2.45) is 0 Å². The van der Waals surface area contributed by atoms with Crippen LogP contribution in [0.4, 0.5) is 0 Å². The second kappa shape index (κ2) is 4.14. The third kappa shape index (κ3) is 1.51. The Hall–Kier alpha value is -1.71. The lowest BCUT2D eigenvalue weighted by molar-refractivity contribution is 0.397. The first-order valence-electron chi connectivity index (χ1n) is 6.71. The van der Waals surface area contributed by atoms with Crippen molar-refractivity contribution in [3.63, 3.8) is 0 Å². The van der Waals surface area contributed by atoms with E-state index in [-0.39, 0.29) is 17.4 Å². The highest BCUT2D eigenvalue weighted by atomic mass is 35.5. The molecule has 1 heterocycles. The van der Waals surface area contributed by atoms with E-state index in [0.717, 1.165) is 24.2 Å². The van der Waals surface area contributed by atoms with Crippen molar-refractivity contribution in [3.8, 4) is 11.5 Å². The van der Waals surface area contributed by atoms with Gasteiger partial charge in [0.15, 0.2) is 11.5 Å². The van der Waals surface area contributed by atoms with Crippen LogP contribution in [0, 0.1) is 0 Å². The summed E-state index contributed by atoms with van der Waals surface area (Å²) in [4.78, 5) is 0. The van der Waals surface area contributed by atoms with Gasteiger partial charge in [-0.2, -0.15) is 0 Å². The molecule has 2 aromatic rings. The van der Waals surface area contributed by atoms with E-state index in [0.29, 0.717) is 11.4 Å². The SMILES string of the molecule is Oc1cc(Cl)c2c(c1O)Cc1cccc3c1[C@H]2CNC3. The molecule has 102 valence electrons. The molecule has 0 amide bonds. The predicted molar refractivity (Wildman–Crippen MR) is 77.6 cm³/mol. The number of nitrogens with one attached hydrogen (secondary N) is 1. The summed E-state index contributed by atoms with van der Waals surface area (Å²) in [5.41, 5.74) is 5.57. The van der Waals surface area contributed by atoms with Crippen molar-refractivity contribution in [1.82, 2.24) is 5.32 Å². The Kier molecular flexibility index (Phi) is 2.50. The molecule has 3 nitrogen and oxygen atoms in total. The average molecular weight is 288 g/mol. The van der Waals surface area contributed by atoms with Gasteiger partial charge in [-0.05, 0) is 22.3 Å². The summed E-state index contributed by atoms with van der Waals surface area (Å²) in [7, 11) is 0. The van der Waals surface area contributed by atoms with Gasteiger partial charge >= 0.3 is 0 Å². The molecule has 2 aromatic carbocycles. The van der Waals surface area contributed by atoms with Gasteiger partial charge in [-0.25, -0.2) is 0 Å². The lowest BCUT2D eigenvalue weighted by Crippen LogP contribution is -2.32. The number of aromatic hydroxyl groups is 2. The number of rotatable bonds is 0. The zero-order valence-corrected chi connectivity index (χ0v) is 11.5. The summed E-state index contributed by atoms with van der Waals surface area (Å²) in [6.07, 6.45) is 0.620. The van der Waals surface area contributed by atoms with Crippen LogP contribution in [0.5, 0.6) is 11.5 Å². The quantitative estimate of drug-likeness (QED) is 0.653. The van der Waals surface area contributed by atoms with Gasteiger partial charge < -0.3 is 15.5 Å². The number of phenolic OH excluding ortho intramolecular Hbond substituents is 2. The van der Waals surface area contributed by atoms with Gasteiger partial charge in [0, 0.05) is 42.1 Å². The molecule has 0 bridgehead atoms. The molecule has 0 fully saturated rings. The second-order valence-corrected chi connectivity index (χ2v) is 5.88. The van der Waals surface area contributed by atoms with E-state index in [1.54, 1.807) is 0 Å². The minimum absolute atomic E-state index is 0.0361. The standard InChI is InChI=1S/C16H14ClNO2/c17-12-5-13(19)16(20)10-4-8-2-1-3-9-6-18-7-11(14(8)9)15(10)12/h1-3,5,11,18-20H,4,6-7H2/t11-/m1/s1. The molecule has 1 atom stereocenters. The number of phenols is 2. The summed E-state index contributed by atoms with van der Waals surface area (Å²) in [6.45, 7) is 1.68. The topological polar surface area (TPSA) is 52.5 Å². The van der Waals surface area contributed by atoms with Crippen LogP contribution < -0.4 is 5.32 Å². The van der Waals surface area contributed by atoms with Crippen LogP contribution in [-0.2, 0) is 13.0 Å². The zero-order chi connectivity index (χ0) is 13.9. The minimum Gasteiger partial charge on any atom is -0.504 e. The molecule has 0 radical (unpaired) electrons. The molecule has 0 aromatic heterocycles. The van der Waals surface area contributed by atoms with Crippen molar-refractivity contribution >= 4 is 11.6 Å². The van der Waals surface area contributed by atoms with Crippen LogP contribution in [0.1, 0.15) is 33.7 Å². The summed E-state index contributed by atoms with van der Waals surface area (Å²) >= 11 is 6.34. The molecular weight excluding hydrogens is 274 g/mol. The first kappa shape index (κ1) is 12.1. The Labute approximate surface area is 121 Å². The van der Waals surface area contributed by atoms with Crippen molar-refractivity contribution in [1.29, 1.82) is 0 Å². The Morgan fingerprint density at radius 1 is 1.15 bits per heavy atom. The van der Waals surface area contributed by atoms with E-state index >= 15 is 0 Å². The Morgan fingerprint density at radius 3 is 2.80 bits per heavy atom. The molecular formula is C16H14ClNO2. The summed E-state index contributed by atoms with van der Waals surface area (Å²) < 4.78 is 0. The average Bonchev–Trinajstić information content (AvgIpc) is 2.45. The highest BCUT2D eigenvalue weighted by Crippen LogP contribution is 2.48. The van der Waals surface area contributed by atoms with Gasteiger partial charge in [0.1, 0.15) is 0 Å². The van der Waals surface area contributed by atoms with Crippen LogP contribution in [0.3, 0.4) is 0 Å². The second-order valence-electron chi connectivity index (χ2n) is 5.47.